The second kappa shape index (κ2) is 5.14. The lowest BCUT2D eigenvalue weighted by molar-refractivity contribution is 0.136. The third-order valence-corrected chi connectivity index (χ3v) is 2.78. The molecule has 0 bridgehead atoms. The first-order valence-corrected chi connectivity index (χ1v) is 5.14. The number of nitrogens with zero attached hydrogens (tertiary/aromatic N) is 3. The van der Waals surface area contributed by atoms with Crippen LogP contribution < -0.4 is 0 Å². The van der Waals surface area contributed by atoms with Crippen LogP contribution in [0, 0.1) is 11.3 Å². The maximum Gasteiger partial charge on any atom is 0.0941 e. The molecular weight excluding hydrogens is 174 g/mol. The monoisotopic (exact) mass is 193 g/mol. The summed E-state index contributed by atoms with van der Waals surface area (Å²) in [6.07, 6.45) is 2.05. The highest BCUT2D eigenvalue weighted by molar-refractivity contribution is 5.19. The molecule has 1 saturated heterocycles. The normalized spacial score (nSPS) is 23.1. The maximum atomic E-state index is 8.68. The molecule has 0 aromatic rings. The van der Waals surface area contributed by atoms with Crippen LogP contribution in [0.4, 0.5) is 0 Å². The summed E-state index contributed by atoms with van der Waals surface area (Å²) in [5, 5.41) is 8.68. The van der Waals surface area contributed by atoms with E-state index in [0.29, 0.717) is 6.04 Å². The van der Waals surface area contributed by atoms with Crippen molar-refractivity contribution in [2.75, 3.05) is 33.2 Å². The van der Waals surface area contributed by atoms with Gasteiger partial charge in [-0.15, -0.1) is 0 Å². The van der Waals surface area contributed by atoms with E-state index in [1.807, 2.05) is 13.0 Å². The summed E-state index contributed by atoms with van der Waals surface area (Å²) >= 11 is 0. The van der Waals surface area contributed by atoms with Crippen LogP contribution in [0.1, 0.15) is 13.8 Å². The van der Waals surface area contributed by atoms with Gasteiger partial charge in [0, 0.05) is 37.8 Å². The molecule has 0 radical (unpaired) electrons. The van der Waals surface area contributed by atoms with E-state index in [-0.39, 0.29) is 0 Å². The van der Waals surface area contributed by atoms with E-state index >= 15 is 0 Å². The maximum absolute atomic E-state index is 8.68. The number of hydrogen-bond acceptors (Lipinski definition) is 3. The summed E-state index contributed by atoms with van der Waals surface area (Å²) in [5.41, 5.74) is 0.816. The molecule has 1 aliphatic heterocycles. The van der Waals surface area contributed by atoms with Crippen molar-refractivity contribution in [3.8, 4) is 6.07 Å². The van der Waals surface area contributed by atoms with Crippen molar-refractivity contribution in [2.45, 2.75) is 19.9 Å². The van der Waals surface area contributed by atoms with Crippen LogP contribution in [-0.2, 0) is 0 Å². The van der Waals surface area contributed by atoms with Crippen molar-refractivity contribution < 1.29 is 0 Å². The number of nitriles is 1. The Kier molecular flexibility index (Phi) is 4.12. The zero-order valence-corrected chi connectivity index (χ0v) is 9.32. The molecule has 3 nitrogen and oxygen atoms in total. The molecule has 1 heterocycles. The highest BCUT2D eigenvalue weighted by Crippen LogP contribution is 2.07. The smallest absolute Gasteiger partial charge is 0.0941 e. The fraction of sp³-hybridized carbons (Fsp3) is 0.727. The predicted octanol–water partition coefficient (Wildman–Crippen LogP) is 1.09. The molecule has 1 rings (SSSR count). The summed E-state index contributed by atoms with van der Waals surface area (Å²) < 4.78 is 0. The SMILES string of the molecule is CC(C#N)=CC(C)N1CCN(C)CC1. The minimum atomic E-state index is 0.392. The zero-order valence-electron chi connectivity index (χ0n) is 9.32. The first-order chi connectivity index (χ1) is 6.63. The number of hydrogen-bond donors (Lipinski definition) is 0. The minimum Gasteiger partial charge on any atom is -0.304 e. The van der Waals surface area contributed by atoms with E-state index in [1.54, 1.807) is 0 Å². The van der Waals surface area contributed by atoms with Crippen LogP contribution >= 0.6 is 0 Å². The van der Waals surface area contributed by atoms with E-state index in [0.717, 1.165) is 31.8 Å². The summed E-state index contributed by atoms with van der Waals surface area (Å²) in [4.78, 5) is 4.75. The van der Waals surface area contributed by atoms with Crippen molar-refractivity contribution in [1.82, 2.24) is 9.80 Å². The number of likely N-dealkylation sites (N-methyl/N-ethyl adjacent to an activating group) is 1. The van der Waals surface area contributed by atoms with Gasteiger partial charge >= 0.3 is 0 Å². The fourth-order valence-corrected chi connectivity index (χ4v) is 1.73. The zero-order chi connectivity index (χ0) is 10.6. The third-order valence-electron chi connectivity index (χ3n) is 2.78. The number of allylic oxidation sites excluding steroid dienone is 1. The van der Waals surface area contributed by atoms with Gasteiger partial charge in [-0.25, -0.2) is 0 Å². The average molecular weight is 193 g/mol. The van der Waals surface area contributed by atoms with Crippen LogP contribution in [0.5, 0.6) is 0 Å². The second-order valence-electron chi connectivity index (χ2n) is 4.04. The average Bonchev–Trinajstić information content (AvgIpc) is 2.18. The molecule has 0 saturated carbocycles. The highest BCUT2D eigenvalue weighted by Gasteiger charge is 2.17. The Bertz CT molecular complexity index is 244. The molecular formula is C11H19N3. The molecule has 14 heavy (non-hydrogen) atoms. The lowest BCUT2D eigenvalue weighted by atomic mass is 10.1. The van der Waals surface area contributed by atoms with Gasteiger partial charge in [0.25, 0.3) is 0 Å². The van der Waals surface area contributed by atoms with Gasteiger partial charge < -0.3 is 4.90 Å². The Morgan fingerprint density at radius 1 is 1.36 bits per heavy atom. The van der Waals surface area contributed by atoms with Crippen molar-refractivity contribution >= 4 is 0 Å². The molecule has 0 aliphatic carbocycles. The summed E-state index contributed by atoms with van der Waals surface area (Å²) in [5.74, 6) is 0. The molecule has 1 unspecified atom stereocenters. The van der Waals surface area contributed by atoms with Crippen LogP contribution in [0.3, 0.4) is 0 Å². The molecule has 3 heteroatoms. The van der Waals surface area contributed by atoms with Crippen molar-refractivity contribution in [2.24, 2.45) is 0 Å². The van der Waals surface area contributed by atoms with Gasteiger partial charge in [0.1, 0.15) is 0 Å². The van der Waals surface area contributed by atoms with Gasteiger partial charge in [0.15, 0.2) is 0 Å². The second-order valence-corrected chi connectivity index (χ2v) is 4.04. The van der Waals surface area contributed by atoms with Crippen molar-refractivity contribution in [3.63, 3.8) is 0 Å². The fourth-order valence-electron chi connectivity index (χ4n) is 1.73. The van der Waals surface area contributed by atoms with E-state index < -0.39 is 0 Å². The Labute approximate surface area is 86.6 Å². The van der Waals surface area contributed by atoms with Crippen LogP contribution in [0.15, 0.2) is 11.6 Å². The van der Waals surface area contributed by atoms with Crippen LogP contribution in [-0.4, -0.2) is 49.1 Å². The summed E-state index contributed by atoms with van der Waals surface area (Å²) in [7, 11) is 2.15. The van der Waals surface area contributed by atoms with Gasteiger partial charge in [-0.1, -0.05) is 6.08 Å². The minimum absolute atomic E-state index is 0.392. The van der Waals surface area contributed by atoms with Gasteiger partial charge in [-0.05, 0) is 20.9 Å². The number of piperazine rings is 1. The van der Waals surface area contributed by atoms with Gasteiger partial charge in [-0.3, -0.25) is 4.90 Å². The summed E-state index contributed by atoms with van der Waals surface area (Å²) in [6, 6.07) is 2.56. The topological polar surface area (TPSA) is 30.3 Å². The van der Waals surface area contributed by atoms with E-state index in [4.69, 9.17) is 5.26 Å². The quantitative estimate of drug-likeness (QED) is 0.615. The molecule has 1 aliphatic rings. The molecule has 0 N–H and O–H groups in total. The van der Waals surface area contributed by atoms with Gasteiger partial charge in [0.05, 0.1) is 6.07 Å². The predicted molar refractivity (Wildman–Crippen MR) is 57.9 cm³/mol. The molecule has 0 aromatic heterocycles. The standard InChI is InChI=1S/C11H19N3/c1-10(9-12)8-11(2)14-6-4-13(3)5-7-14/h8,11H,4-7H2,1-3H3. The first-order valence-electron chi connectivity index (χ1n) is 5.14. The number of rotatable bonds is 2. The Morgan fingerprint density at radius 2 is 1.93 bits per heavy atom. The third kappa shape index (κ3) is 3.13. The van der Waals surface area contributed by atoms with Gasteiger partial charge in [-0.2, -0.15) is 5.26 Å². The Balaban J connectivity index is 2.46. The molecule has 0 aromatic carbocycles. The lowest BCUT2D eigenvalue weighted by Crippen LogP contribution is -2.47. The summed E-state index contributed by atoms with van der Waals surface area (Å²) in [6.45, 7) is 8.49. The molecule has 1 atom stereocenters. The molecule has 78 valence electrons. The van der Waals surface area contributed by atoms with Gasteiger partial charge in [0.2, 0.25) is 0 Å². The van der Waals surface area contributed by atoms with E-state index in [2.05, 4.69) is 29.8 Å². The largest absolute Gasteiger partial charge is 0.304 e. The Morgan fingerprint density at radius 3 is 2.43 bits per heavy atom. The van der Waals surface area contributed by atoms with Crippen LogP contribution in [0.25, 0.3) is 0 Å². The Hall–Kier alpha value is -0.850. The van der Waals surface area contributed by atoms with Crippen molar-refractivity contribution in [3.05, 3.63) is 11.6 Å². The van der Waals surface area contributed by atoms with Crippen molar-refractivity contribution in [1.29, 1.82) is 5.26 Å². The van der Waals surface area contributed by atoms with E-state index in [1.165, 1.54) is 0 Å². The highest BCUT2D eigenvalue weighted by atomic mass is 15.3. The van der Waals surface area contributed by atoms with E-state index in [9.17, 15) is 0 Å². The molecule has 0 amide bonds. The lowest BCUT2D eigenvalue weighted by Gasteiger charge is -2.35. The molecule has 1 fully saturated rings. The van der Waals surface area contributed by atoms with Crippen LogP contribution in [0.2, 0.25) is 0 Å². The first kappa shape index (κ1) is 11.2. The molecule has 0 spiro atoms.